The zero-order chi connectivity index (χ0) is 19.7. The van der Waals surface area contributed by atoms with Crippen LogP contribution in [0.3, 0.4) is 0 Å². The summed E-state index contributed by atoms with van der Waals surface area (Å²) < 4.78 is 10.7. The number of nitriles is 1. The van der Waals surface area contributed by atoms with Crippen molar-refractivity contribution in [3.05, 3.63) is 35.9 Å². The summed E-state index contributed by atoms with van der Waals surface area (Å²) >= 11 is 0. The van der Waals surface area contributed by atoms with Crippen molar-refractivity contribution < 1.29 is 19.1 Å². The average molecular weight is 370 g/mol. The van der Waals surface area contributed by atoms with Gasteiger partial charge in [-0.2, -0.15) is 5.26 Å². The van der Waals surface area contributed by atoms with Gasteiger partial charge in [-0.15, -0.1) is 0 Å². The standard InChI is InChI=1S/C21H26N2O4/c1-3-26-18-10-6-5-9-17(18)11-12-19(24)27-16(2)20(25)23-21(15-22)13-7-4-8-14-21/h5-6,9-12,16H,3-4,7-8,13-14H2,1-2H3,(H,23,25)/b12-11+/t16-/m1/s1. The van der Waals surface area contributed by atoms with Crippen LogP contribution in [0.4, 0.5) is 0 Å². The molecular weight excluding hydrogens is 344 g/mol. The first-order valence-corrected chi connectivity index (χ1v) is 9.33. The summed E-state index contributed by atoms with van der Waals surface area (Å²) in [6, 6.07) is 9.55. The van der Waals surface area contributed by atoms with E-state index in [1.54, 1.807) is 6.08 Å². The lowest BCUT2D eigenvalue weighted by atomic mass is 9.83. The maximum Gasteiger partial charge on any atom is 0.331 e. The van der Waals surface area contributed by atoms with E-state index in [1.807, 2.05) is 31.2 Å². The highest BCUT2D eigenvalue weighted by Crippen LogP contribution is 2.27. The largest absolute Gasteiger partial charge is 0.493 e. The van der Waals surface area contributed by atoms with E-state index < -0.39 is 23.5 Å². The van der Waals surface area contributed by atoms with Crippen molar-refractivity contribution in [3.8, 4) is 11.8 Å². The fraction of sp³-hybridized carbons (Fsp3) is 0.476. The highest BCUT2D eigenvalue weighted by atomic mass is 16.5. The number of benzene rings is 1. The number of amides is 1. The van der Waals surface area contributed by atoms with E-state index in [0.717, 1.165) is 24.8 Å². The van der Waals surface area contributed by atoms with Crippen molar-refractivity contribution in [2.24, 2.45) is 0 Å². The minimum absolute atomic E-state index is 0.449. The third kappa shape index (κ3) is 5.85. The number of para-hydroxylation sites is 1. The molecule has 1 aliphatic carbocycles. The normalized spacial score (nSPS) is 16.9. The van der Waals surface area contributed by atoms with Gasteiger partial charge in [-0.25, -0.2) is 4.79 Å². The van der Waals surface area contributed by atoms with Gasteiger partial charge in [0.15, 0.2) is 6.10 Å². The van der Waals surface area contributed by atoms with Crippen LogP contribution in [0.1, 0.15) is 51.5 Å². The van der Waals surface area contributed by atoms with Gasteiger partial charge in [0, 0.05) is 11.6 Å². The predicted molar refractivity (Wildman–Crippen MR) is 102 cm³/mol. The fourth-order valence-corrected chi connectivity index (χ4v) is 3.09. The number of nitrogens with one attached hydrogen (secondary N) is 1. The summed E-state index contributed by atoms with van der Waals surface area (Å²) in [5.41, 5.74) is -0.0959. The summed E-state index contributed by atoms with van der Waals surface area (Å²) in [5, 5.41) is 12.2. The third-order valence-electron chi connectivity index (χ3n) is 4.56. The molecule has 0 unspecified atom stereocenters. The second kappa shape index (κ2) is 9.77. The van der Waals surface area contributed by atoms with Crippen molar-refractivity contribution in [3.63, 3.8) is 0 Å². The molecule has 1 fully saturated rings. The molecule has 0 spiro atoms. The number of carbonyl (C=O) groups is 2. The first-order valence-electron chi connectivity index (χ1n) is 9.33. The van der Waals surface area contributed by atoms with Crippen molar-refractivity contribution >= 4 is 18.0 Å². The Hall–Kier alpha value is -2.81. The van der Waals surface area contributed by atoms with Crippen molar-refractivity contribution in [1.82, 2.24) is 5.32 Å². The summed E-state index contributed by atoms with van der Waals surface area (Å²) in [4.78, 5) is 24.4. The monoisotopic (exact) mass is 370 g/mol. The van der Waals surface area contributed by atoms with Gasteiger partial charge in [0.1, 0.15) is 11.3 Å². The summed E-state index contributed by atoms with van der Waals surface area (Å²) in [5.74, 6) is -0.406. The molecule has 144 valence electrons. The van der Waals surface area contributed by atoms with Gasteiger partial charge in [0.25, 0.3) is 5.91 Å². The number of carbonyl (C=O) groups excluding carboxylic acids is 2. The molecule has 1 aliphatic rings. The molecule has 0 aliphatic heterocycles. The topological polar surface area (TPSA) is 88.4 Å². The van der Waals surface area contributed by atoms with E-state index in [-0.39, 0.29) is 0 Å². The number of rotatable bonds is 7. The highest BCUT2D eigenvalue weighted by Gasteiger charge is 2.35. The second-order valence-electron chi connectivity index (χ2n) is 6.63. The first kappa shape index (κ1) is 20.5. The van der Waals surface area contributed by atoms with E-state index in [1.165, 1.54) is 13.0 Å². The molecule has 0 aromatic heterocycles. The molecule has 1 N–H and O–H groups in total. The lowest BCUT2D eigenvalue weighted by Gasteiger charge is -2.32. The molecular formula is C21H26N2O4. The van der Waals surface area contributed by atoms with E-state index in [0.29, 0.717) is 25.2 Å². The number of hydrogen-bond donors (Lipinski definition) is 1. The van der Waals surface area contributed by atoms with Crippen molar-refractivity contribution in [2.75, 3.05) is 6.61 Å². The molecule has 27 heavy (non-hydrogen) atoms. The van der Waals surface area contributed by atoms with Crippen LogP contribution in [0.15, 0.2) is 30.3 Å². The minimum Gasteiger partial charge on any atom is -0.493 e. The Morgan fingerprint density at radius 1 is 1.30 bits per heavy atom. The quantitative estimate of drug-likeness (QED) is 0.587. The van der Waals surface area contributed by atoms with Gasteiger partial charge in [-0.3, -0.25) is 4.79 Å². The molecule has 0 saturated heterocycles. The first-order chi connectivity index (χ1) is 13.0. The number of nitrogens with zero attached hydrogens (tertiary/aromatic N) is 1. The molecule has 6 heteroatoms. The molecule has 2 rings (SSSR count). The van der Waals surface area contributed by atoms with Crippen LogP contribution in [0.5, 0.6) is 5.75 Å². The molecule has 0 bridgehead atoms. The van der Waals surface area contributed by atoms with E-state index in [2.05, 4.69) is 11.4 Å². The molecule has 1 aromatic rings. The minimum atomic E-state index is -0.976. The van der Waals surface area contributed by atoms with Crippen LogP contribution in [0.2, 0.25) is 0 Å². The van der Waals surface area contributed by atoms with Gasteiger partial charge in [-0.1, -0.05) is 37.5 Å². The van der Waals surface area contributed by atoms with E-state index in [9.17, 15) is 14.9 Å². The molecule has 1 saturated carbocycles. The second-order valence-corrected chi connectivity index (χ2v) is 6.63. The lowest BCUT2D eigenvalue weighted by Crippen LogP contribution is -2.52. The maximum absolute atomic E-state index is 12.3. The van der Waals surface area contributed by atoms with Gasteiger partial charge in [0.05, 0.1) is 12.7 Å². The molecule has 6 nitrogen and oxygen atoms in total. The Bertz CT molecular complexity index is 730. The highest BCUT2D eigenvalue weighted by molar-refractivity contribution is 5.91. The summed E-state index contributed by atoms with van der Waals surface area (Å²) in [7, 11) is 0. The van der Waals surface area contributed by atoms with Crippen LogP contribution < -0.4 is 10.1 Å². The Morgan fingerprint density at radius 2 is 2.00 bits per heavy atom. The molecule has 1 atom stereocenters. The smallest absolute Gasteiger partial charge is 0.331 e. The van der Waals surface area contributed by atoms with Crippen molar-refractivity contribution in [1.29, 1.82) is 5.26 Å². The molecule has 0 radical (unpaired) electrons. The number of hydrogen-bond acceptors (Lipinski definition) is 5. The Kier molecular flexibility index (Phi) is 7.42. The molecule has 1 aromatic carbocycles. The van der Waals surface area contributed by atoms with Crippen LogP contribution >= 0.6 is 0 Å². The van der Waals surface area contributed by atoms with E-state index in [4.69, 9.17) is 9.47 Å². The van der Waals surface area contributed by atoms with Gasteiger partial charge in [-0.05, 0) is 38.8 Å². The van der Waals surface area contributed by atoms with Crippen LogP contribution in [0.25, 0.3) is 6.08 Å². The van der Waals surface area contributed by atoms with Gasteiger partial charge in [0.2, 0.25) is 0 Å². The van der Waals surface area contributed by atoms with Crippen molar-refractivity contribution in [2.45, 2.75) is 57.6 Å². The lowest BCUT2D eigenvalue weighted by molar-refractivity contribution is -0.150. The Morgan fingerprint density at radius 3 is 2.67 bits per heavy atom. The van der Waals surface area contributed by atoms with Crippen LogP contribution in [-0.4, -0.2) is 30.1 Å². The predicted octanol–water partition coefficient (Wildman–Crippen LogP) is 3.37. The Labute approximate surface area is 160 Å². The zero-order valence-electron chi connectivity index (χ0n) is 15.9. The number of ether oxygens (including phenoxy) is 2. The van der Waals surface area contributed by atoms with Crippen LogP contribution in [0, 0.1) is 11.3 Å². The van der Waals surface area contributed by atoms with E-state index >= 15 is 0 Å². The van der Waals surface area contributed by atoms with Gasteiger partial charge >= 0.3 is 5.97 Å². The van der Waals surface area contributed by atoms with Crippen LogP contribution in [-0.2, 0) is 14.3 Å². The zero-order valence-corrected chi connectivity index (χ0v) is 15.9. The third-order valence-corrected chi connectivity index (χ3v) is 4.56. The molecule has 0 heterocycles. The van der Waals surface area contributed by atoms with Gasteiger partial charge < -0.3 is 14.8 Å². The summed E-state index contributed by atoms with van der Waals surface area (Å²) in [6.07, 6.45) is 6.02. The summed E-state index contributed by atoms with van der Waals surface area (Å²) in [6.45, 7) is 3.91. The fourth-order valence-electron chi connectivity index (χ4n) is 3.09. The Balaban J connectivity index is 1.93. The maximum atomic E-state index is 12.3. The average Bonchev–Trinajstić information content (AvgIpc) is 2.68. The molecule has 1 amide bonds. The SMILES string of the molecule is CCOc1ccccc1/C=C/C(=O)O[C@H](C)C(=O)NC1(C#N)CCCCC1. The number of esters is 1.